The van der Waals surface area contributed by atoms with E-state index in [-0.39, 0.29) is 23.9 Å². The van der Waals surface area contributed by atoms with Crippen LogP contribution in [0.25, 0.3) is 17.0 Å². The maximum absolute atomic E-state index is 13.1. The molecular formula is C28H23NO4. The third-order valence-corrected chi connectivity index (χ3v) is 5.86. The van der Waals surface area contributed by atoms with E-state index < -0.39 is 0 Å². The van der Waals surface area contributed by atoms with Crippen LogP contribution in [-0.4, -0.2) is 22.7 Å². The lowest BCUT2D eigenvalue weighted by Gasteiger charge is -2.08. The molecule has 0 fully saturated rings. The summed E-state index contributed by atoms with van der Waals surface area (Å²) in [5, 5.41) is 1.07. The summed E-state index contributed by atoms with van der Waals surface area (Å²) in [5.41, 5.74) is 3.93. The highest BCUT2D eigenvalue weighted by Gasteiger charge is 2.30. The number of Topliss-reactive ketones (excluding diaryl/α,β-unsaturated/α-hetero) is 2. The van der Waals surface area contributed by atoms with E-state index in [2.05, 4.69) is 17.6 Å². The van der Waals surface area contributed by atoms with E-state index in [0.29, 0.717) is 22.6 Å². The maximum Gasteiger partial charge on any atom is 0.232 e. The Morgan fingerprint density at radius 1 is 1.06 bits per heavy atom. The van der Waals surface area contributed by atoms with Gasteiger partial charge in [0.25, 0.3) is 0 Å². The van der Waals surface area contributed by atoms with Crippen LogP contribution >= 0.6 is 0 Å². The zero-order chi connectivity index (χ0) is 22.9. The van der Waals surface area contributed by atoms with Crippen molar-refractivity contribution >= 4 is 28.5 Å². The van der Waals surface area contributed by atoms with Crippen LogP contribution in [0.5, 0.6) is 11.5 Å². The molecular weight excluding hydrogens is 414 g/mol. The Morgan fingerprint density at radius 3 is 2.61 bits per heavy atom. The van der Waals surface area contributed by atoms with Gasteiger partial charge in [-0.3, -0.25) is 9.59 Å². The fourth-order valence-electron chi connectivity index (χ4n) is 4.21. The van der Waals surface area contributed by atoms with Crippen molar-refractivity contribution in [3.8, 4) is 11.5 Å². The Hall–Kier alpha value is -4.12. The number of aryl methyl sites for hydroxylation is 2. The predicted molar refractivity (Wildman–Crippen MR) is 128 cm³/mol. The number of fused-ring (bicyclic) bond motifs is 2. The SMILES string of the molecule is CCn1cc(/C=C2\Oc3cc(OCC(=O)c4ccccc4)cc(C)c3C2=O)c2ccccc21. The second kappa shape index (κ2) is 8.43. The summed E-state index contributed by atoms with van der Waals surface area (Å²) in [5.74, 6) is 0.964. The number of carbonyl (C=O) groups excluding carboxylic acids is 2. The van der Waals surface area contributed by atoms with Gasteiger partial charge in [-0.25, -0.2) is 0 Å². The fourth-order valence-corrected chi connectivity index (χ4v) is 4.21. The Labute approximate surface area is 191 Å². The van der Waals surface area contributed by atoms with Crippen molar-refractivity contribution < 1.29 is 19.1 Å². The second-order valence-corrected chi connectivity index (χ2v) is 8.02. The van der Waals surface area contributed by atoms with Crippen molar-refractivity contribution in [2.24, 2.45) is 0 Å². The van der Waals surface area contributed by atoms with Crippen LogP contribution < -0.4 is 9.47 Å². The van der Waals surface area contributed by atoms with Gasteiger partial charge in [0.05, 0.1) is 5.56 Å². The summed E-state index contributed by atoms with van der Waals surface area (Å²) in [6.07, 6.45) is 3.84. The van der Waals surface area contributed by atoms with Gasteiger partial charge in [0.2, 0.25) is 5.78 Å². The molecule has 2 heterocycles. The van der Waals surface area contributed by atoms with Crippen LogP contribution in [0.3, 0.4) is 0 Å². The molecule has 164 valence electrons. The minimum Gasteiger partial charge on any atom is -0.485 e. The molecule has 0 radical (unpaired) electrons. The molecule has 0 spiro atoms. The molecule has 1 aliphatic heterocycles. The van der Waals surface area contributed by atoms with Crippen LogP contribution in [0.1, 0.15) is 38.8 Å². The molecule has 0 atom stereocenters. The molecule has 3 aromatic carbocycles. The summed E-state index contributed by atoms with van der Waals surface area (Å²) in [6, 6.07) is 20.6. The molecule has 5 heteroatoms. The summed E-state index contributed by atoms with van der Waals surface area (Å²) in [6.45, 7) is 4.68. The molecule has 0 saturated carbocycles. The minimum absolute atomic E-state index is 0.0879. The van der Waals surface area contributed by atoms with Gasteiger partial charge in [-0.2, -0.15) is 0 Å². The van der Waals surface area contributed by atoms with Crippen molar-refractivity contribution in [2.45, 2.75) is 20.4 Å². The first-order valence-corrected chi connectivity index (χ1v) is 10.9. The molecule has 4 aromatic rings. The number of ketones is 2. The second-order valence-electron chi connectivity index (χ2n) is 8.02. The highest BCUT2D eigenvalue weighted by molar-refractivity contribution is 6.16. The van der Waals surface area contributed by atoms with Gasteiger partial charge < -0.3 is 14.0 Å². The number of allylic oxidation sites excluding steroid dienone is 1. The van der Waals surface area contributed by atoms with E-state index >= 15 is 0 Å². The van der Waals surface area contributed by atoms with Crippen LogP contribution in [0, 0.1) is 6.92 Å². The molecule has 0 aliphatic carbocycles. The number of benzene rings is 3. The largest absolute Gasteiger partial charge is 0.485 e. The Kier molecular flexibility index (Phi) is 5.31. The Bertz CT molecular complexity index is 1410. The predicted octanol–water partition coefficient (Wildman–Crippen LogP) is 5.85. The van der Waals surface area contributed by atoms with Gasteiger partial charge in [-0.15, -0.1) is 0 Å². The first-order valence-electron chi connectivity index (χ1n) is 10.9. The lowest BCUT2D eigenvalue weighted by Crippen LogP contribution is -2.11. The number of aromatic nitrogens is 1. The summed E-state index contributed by atoms with van der Waals surface area (Å²) in [4.78, 5) is 25.5. The standard InChI is InChI=1S/C28H23NO4/c1-3-29-16-20(22-11-7-8-12-23(22)29)14-26-28(31)27-18(2)13-21(15-25(27)33-26)32-17-24(30)19-9-5-4-6-10-19/h4-16H,3,17H2,1-2H3/b26-14-. The maximum atomic E-state index is 13.1. The van der Waals surface area contributed by atoms with Gasteiger partial charge in [0.15, 0.2) is 18.1 Å². The van der Waals surface area contributed by atoms with Gasteiger partial charge in [0.1, 0.15) is 11.5 Å². The third-order valence-electron chi connectivity index (χ3n) is 5.86. The van der Waals surface area contributed by atoms with Crippen molar-refractivity contribution in [3.05, 3.63) is 101 Å². The quantitative estimate of drug-likeness (QED) is 0.281. The molecule has 0 bridgehead atoms. The summed E-state index contributed by atoms with van der Waals surface area (Å²) >= 11 is 0. The van der Waals surface area contributed by atoms with Crippen molar-refractivity contribution in [1.29, 1.82) is 0 Å². The monoisotopic (exact) mass is 437 g/mol. The average molecular weight is 437 g/mol. The highest BCUT2D eigenvalue weighted by Crippen LogP contribution is 2.38. The van der Waals surface area contributed by atoms with E-state index in [1.54, 1.807) is 30.3 Å². The van der Waals surface area contributed by atoms with E-state index in [4.69, 9.17) is 9.47 Å². The Balaban J connectivity index is 1.41. The molecule has 5 nitrogen and oxygen atoms in total. The number of hydrogen-bond acceptors (Lipinski definition) is 4. The number of rotatable bonds is 6. The fraction of sp³-hybridized carbons (Fsp3) is 0.143. The van der Waals surface area contributed by atoms with E-state index in [1.165, 1.54) is 0 Å². The van der Waals surface area contributed by atoms with Gasteiger partial charge >= 0.3 is 0 Å². The lowest BCUT2D eigenvalue weighted by molar-refractivity contribution is 0.0920. The van der Waals surface area contributed by atoms with Crippen LogP contribution in [0.15, 0.2) is 78.7 Å². The van der Waals surface area contributed by atoms with Crippen molar-refractivity contribution in [2.75, 3.05) is 6.61 Å². The third kappa shape index (κ3) is 3.82. The van der Waals surface area contributed by atoms with Crippen molar-refractivity contribution in [3.63, 3.8) is 0 Å². The lowest BCUT2D eigenvalue weighted by atomic mass is 10.0. The molecule has 0 N–H and O–H groups in total. The molecule has 0 unspecified atom stereocenters. The number of carbonyl (C=O) groups is 2. The van der Waals surface area contributed by atoms with Gasteiger partial charge in [-0.1, -0.05) is 48.5 Å². The van der Waals surface area contributed by atoms with Crippen LogP contribution in [-0.2, 0) is 6.54 Å². The molecule has 0 amide bonds. The number of para-hydroxylation sites is 1. The normalized spacial score (nSPS) is 13.9. The zero-order valence-corrected chi connectivity index (χ0v) is 18.5. The van der Waals surface area contributed by atoms with Gasteiger partial charge in [-0.05, 0) is 37.6 Å². The first kappa shape index (κ1) is 20.8. The number of hydrogen-bond donors (Lipinski definition) is 0. The average Bonchev–Trinajstić information content (AvgIpc) is 3.35. The van der Waals surface area contributed by atoms with E-state index in [9.17, 15) is 9.59 Å². The Morgan fingerprint density at radius 2 is 1.82 bits per heavy atom. The summed E-state index contributed by atoms with van der Waals surface area (Å²) < 4.78 is 13.8. The summed E-state index contributed by atoms with van der Waals surface area (Å²) in [7, 11) is 0. The zero-order valence-electron chi connectivity index (χ0n) is 18.5. The van der Waals surface area contributed by atoms with E-state index in [1.807, 2.05) is 49.5 Å². The minimum atomic E-state index is -0.150. The number of nitrogens with zero attached hydrogens (tertiary/aromatic N) is 1. The topological polar surface area (TPSA) is 57.5 Å². The first-order chi connectivity index (χ1) is 16.0. The molecule has 0 saturated heterocycles. The van der Waals surface area contributed by atoms with Gasteiger partial charge in [0, 0.05) is 40.8 Å². The molecule has 1 aliphatic rings. The van der Waals surface area contributed by atoms with Crippen LogP contribution in [0.2, 0.25) is 0 Å². The van der Waals surface area contributed by atoms with Crippen LogP contribution in [0.4, 0.5) is 0 Å². The number of ether oxygens (including phenoxy) is 2. The highest BCUT2D eigenvalue weighted by atomic mass is 16.5. The smallest absolute Gasteiger partial charge is 0.232 e. The van der Waals surface area contributed by atoms with E-state index in [0.717, 1.165) is 28.6 Å². The molecule has 5 rings (SSSR count). The van der Waals surface area contributed by atoms with Crippen molar-refractivity contribution in [1.82, 2.24) is 4.57 Å². The molecule has 33 heavy (non-hydrogen) atoms. The molecule has 1 aromatic heterocycles.